The summed E-state index contributed by atoms with van der Waals surface area (Å²) in [5, 5.41) is 2.64. The molecule has 2 heterocycles. The number of anilines is 1. The molecule has 1 aliphatic carbocycles. The van der Waals surface area contributed by atoms with Crippen LogP contribution in [0.4, 0.5) is 5.69 Å². The molecule has 3 fully saturated rings. The van der Waals surface area contributed by atoms with Crippen molar-refractivity contribution in [2.24, 2.45) is 5.41 Å². The van der Waals surface area contributed by atoms with Gasteiger partial charge in [0.05, 0.1) is 10.3 Å². The minimum absolute atomic E-state index is 0.186. The van der Waals surface area contributed by atoms with Gasteiger partial charge < -0.3 is 5.32 Å². The van der Waals surface area contributed by atoms with Crippen LogP contribution in [0.1, 0.15) is 44.9 Å². The van der Waals surface area contributed by atoms with Gasteiger partial charge in [-0.15, -0.1) is 0 Å². The van der Waals surface area contributed by atoms with Crippen molar-refractivity contribution in [2.75, 3.05) is 25.0 Å². The highest BCUT2D eigenvalue weighted by molar-refractivity contribution is 7.89. The number of imide groups is 1. The molecule has 2 aliphatic heterocycles. The minimum atomic E-state index is -3.51. The van der Waals surface area contributed by atoms with E-state index in [1.807, 2.05) is 0 Å². The Kier molecular flexibility index (Phi) is 5.20. The van der Waals surface area contributed by atoms with Crippen LogP contribution in [0.5, 0.6) is 0 Å². The molecule has 1 saturated carbocycles. The largest absolute Gasteiger partial charge is 0.325 e. The Labute approximate surface area is 170 Å². The maximum Gasteiger partial charge on any atom is 0.244 e. The lowest BCUT2D eigenvalue weighted by Crippen LogP contribution is -2.39. The van der Waals surface area contributed by atoms with Crippen LogP contribution in [0.3, 0.4) is 0 Å². The van der Waals surface area contributed by atoms with E-state index >= 15 is 0 Å². The van der Waals surface area contributed by atoms with Crippen LogP contribution < -0.4 is 5.32 Å². The number of sulfonamides is 1. The average molecular weight is 420 g/mol. The second kappa shape index (κ2) is 7.53. The van der Waals surface area contributed by atoms with Crippen molar-refractivity contribution in [3.05, 3.63) is 24.3 Å². The summed E-state index contributed by atoms with van der Waals surface area (Å²) in [4.78, 5) is 38.5. The van der Waals surface area contributed by atoms with E-state index in [0.717, 1.165) is 30.6 Å². The highest BCUT2D eigenvalue weighted by Gasteiger charge is 2.52. The summed E-state index contributed by atoms with van der Waals surface area (Å²) in [7, 11) is -3.51. The van der Waals surface area contributed by atoms with Gasteiger partial charge in [-0.05, 0) is 49.9 Å². The molecule has 8 nitrogen and oxygen atoms in total. The Morgan fingerprint density at radius 2 is 1.62 bits per heavy atom. The standard InChI is InChI=1S/C20H25N3O5S/c24-17(14-23-18(25)13-20(19(23)26)9-1-2-10-20)21-15-5-7-16(8-6-15)29(27,28)22-11-3-4-12-22/h5-8H,1-4,9-14H2,(H,21,24). The van der Waals surface area contributed by atoms with Crippen molar-refractivity contribution in [2.45, 2.75) is 49.8 Å². The van der Waals surface area contributed by atoms with E-state index in [-0.39, 0.29) is 29.7 Å². The van der Waals surface area contributed by atoms with Crippen LogP contribution in [0, 0.1) is 5.41 Å². The molecule has 156 valence electrons. The van der Waals surface area contributed by atoms with Crippen LogP contribution in [0.2, 0.25) is 0 Å². The number of nitrogens with one attached hydrogen (secondary N) is 1. The minimum Gasteiger partial charge on any atom is -0.325 e. The van der Waals surface area contributed by atoms with Crippen LogP contribution in [-0.4, -0.2) is 55.0 Å². The zero-order chi connectivity index (χ0) is 20.6. The van der Waals surface area contributed by atoms with Crippen LogP contribution in [-0.2, 0) is 24.4 Å². The quantitative estimate of drug-likeness (QED) is 0.732. The number of hydrogen-bond donors (Lipinski definition) is 1. The van der Waals surface area contributed by atoms with Crippen LogP contribution >= 0.6 is 0 Å². The van der Waals surface area contributed by atoms with Gasteiger partial charge in [-0.25, -0.2) is 8.42 Å². The number of benzene rings is 1. The fourth-order valence-electron chi connectivity index (χ4n) is 4.59. The van der Waals surface area contributed by atoms with Crippen LogP contribution in [0.15, 0.2) is 29.2 Å². The highest BCUT2D eigenvalue weighted by Crippen LogP contribution is 2.46. The van der Waals surface area contributed by atoms with E-state index in [2.05, 4.69) is 5.32 Å². The molecule has 1 aromatic rings. The van der Waals surface area contributed by atoms with Gasteiger partial charge in [0.15, 0.2) is 0 Å². The first-order valence-corrected chi connectivity index (χ1v) is 11.5. The smallest absolute Gasteiger partial charge is 0.244 e. The molecule has 0 unspecified atom stereocenters. The first-order chi connectivity index (χ1) is 13.8. The summed E-state index contributed by atoms with van der Waals surface area (Å²) in [5.74, 6) is -1.00. The SMILES string of the molecule is O=C(CN1C(=O)CC2(CCCC2)C1=O)Nc1ccc(S(=O)(=O)N2CCCC2)cc1. The second-order valence-corrected chi connectivity index (χ2v) is 10.1. The Balaban J connectivity index is 1.39. The molecule has 0 radical (unpaired) electrons. The molecule has 4 rings (SSSR count). The zero-order valence-electron chi connectivity index (χ0n) is 16.2. The number of hydrogen-bond acceptors (Lipinski definition) is 5. The molecule has 0 bridgehead atoms. The predicted octanol–water partition coefficient (Wildman–Crippen LogP) is 1.73. The normalized spacial score (nSPS) is 22.0. The number of likely N-dealkylation sites (tertiary alicyclic amines) is 1. The van der Waals surface area contributed by atoms with E-state index in [1.165, 1.54) is 28.6 Å². The van der Waals surface area contributed by atoms with E-state index < -0.39 is 21.3 Å². The first kappa shape index (κ1) is 20.0. The fraction of sp³-hybridized carbons (Fsp3) is 0.550. The van der Waals surface area contributed by atoms with Gasteiger partial charge in [-0.2, -0.15) is 4.31 Å². The van der Waals surface area contributed by atoms with Crippen molar-refractivity contribution in [3.8, 4) is 0 Å². The average Bonchev–Trinajstić information content (AvgIpc) is 3.42. The second-order valence-electron chi connectivity index (χ2n) is 8.13. The van der Waals surface area contributed by atoms with Gasteiger partial charge in [0.2, 0.25) is 27.7 Å². The molecule has 3 aliphatic rings. The summed E-state index contributed by atoms with van der Waals surface area (Å²) in [5.41, 5.74) is -0.173. The van der Waals surface area contributed by atoms with Gasteiger partial charge in [0.1, 0.15) is 6.54 Å². The Hall–Kier alpha value is -2.26. The van der Waals surface area contributed by atoms with Crippen molar-refractivity contribution in [3.63, 3.8) is 0 Å². The molecule has 3 amide bonds. The van der Waals surface area contributed by atoms with Crippen molar-refractivity contribution in [1.29, 1.82) is 0 Å². The fourth-order valence-corrected chi connectivity index (χ4v) is 6.11. The Morgan fingerprint density at radius 3 is 2.24 bits per heavy atom. The van der Waals surface area contributed by atoms with E-state index in [0.29, 0.717) is 31.6 Å². The van der Waals surface area contributed by atoms with Gasteiger partial charge >= 0.3 is 0 Å². The molecule has 29 heavy (non-hydrogen) atoms. The third kappa shape index (κ3) is 3.69. The number of carbonyl (C=O) groups is 3. The van der Waals surface area contributed by atoms with Gasteiger partial charge in [0, 0.05) is 25.2 Å². The molecule has 1 spiro atoms. The summed E-state index contributed by atoms with van der Waals surface area (Å²) < 4.78 is 26.6. The molecular weight excluding hydrogens is 394 g/mol. The molecule has 0 atom stereocenters. The maximum atomic E-state index is 12.7. The number of rotatable bonds is 5. The number of carbonyl (C=O) groups excluding carboxylic acids is 3. The lowest BCUT2D eigenvalue weighted by molar-refractivity contribution is -0.143. The third-order valence-electron chi connectivity index (χ3n) is 6.19. The Morgan fingerprint density at radius 1 is 1.00 bits per heavy atom. The summed E-state index contributed by atoms with van der Waals surface area (Å²) in [6, 6.07) is 5.96. The monoisotopic (exact) mass is 419 g/mol. The first-order valence-electron chi connectivity index (χ1n) is 10.1. The van der Waals surface area contributed by atoms with Crippen molar-refractivity contribution in [1.82, 2.24) is 9.21 Å². The molecule has 9 heteroatoms. The number of amides is 3. The molecule has 1 N–H and O–H groups in total. The van der Waals surface area contributed by atoms with E-state index in [9.17, 15) is 22.8 Å². The molecule has 2 saturated heterocycles. The van der Waals surface area contributed by atoms with Crippen molar-refractivity contribution < 1.29 is 22.8 Å². The number of nitrogens with zero attached hydrogens (tertiary/aromatic N) is 2. The Bertz CT molecular complexity index is 929. The summed E-state index contributed by atoms with van der Waals surface area (Å²) in [6.45, 7) is 0.744. The molecular formula is C20H25N3O5S. The van der Waals surface area contributed by atoms with Crippen LogP contribution in [0.25, 0.3) is 0 Å². The highest BCUT2D eigenvalue weighted by atomic mass is 32.2. The van der Waals surface area contributed by atoms with E-state index in [1.54, 1.807) is 0 Å². The summed E-state index contributed by atoms with van der Waals surface area (Å²) in [6.07, 6.45) is 5.22. The lowest BCUT2D eigenvalue weighted by atomic mass is 9.84. The van der Waals surface area contributed by atoms with Crippen molar-refractivity contribution >= 4 is 33.4 Å². The van der Waals surface area contributed by atoms with Gasteiger partial charge in [-0.1, -0.05) is 12.8 Å². The summed E-state index contributed by atoms with van der Waals surface area (Å²) >= 11 is 0. The van der Waals surface area contributed by atoms with E-state index in [4.69, 9.17) is 0 Å². The zero-order valence-corrected chi connectivity index (χ0v) is 17.0. The topological polar surface area (TPSA) is 104 Å². The third-order valence-corrected chi connectivity index (χ3v) is 8.11. The molecule has 0 aromatic heterocycles. The van der Waals surface area contributed by atoms with Gasteiger partial charge in [0.25, 0.3) is 0 Å². The van der Waals surface area contributed by atoms with Gasteiger partial charge in [-0.3, -0.25) is 19.3 Å². The molecule has 1 aromatic carbocycles. The predicted molar refractivity (Wildman–Crippen MR) is 105 cm³/mol. The maximum absolute atomic E-state index is 12.7. The lowest BCUT2D eigenvalue weighted by Gasteiger charge is -2.20.